The van der Waals surface area contributed by atoms with E-state index in [1.54, 1.807) is 13.3 Å². The first kappa shape index (κ1) is 21.4. The molecule has 1 aliphatic heterocycles. The van der Waals surface area contributed by atoms with Crippen LogP contribution in [0, 0.1) is 5.92 Å². The zero-order valence-electron chi connectivity index (χ0n) is 17.3. The third kappa shape index (κ3) is 5.84. The van der Waals surface area contributed by atoms with Crippen molar-refractivity contribution >= 4 is 23.3 Å². The molecule has 156 valence electrons. The van der Waals surface area contributed by atoms with E-state index in [0.29, 0.717) is 17.5 Å². The quantitative estimate of drug-likeness (QED) is 0.749. The van der Waals surface area contributed by atoms with Crippen LogP contribution in [0.3, 0.4) is 0 Å². The van der Waals surface area contributed by atoms with Gasteiger partial charge in [-0.3, -0.25) is 9.69 Å². The van der Waals surface area contributed by atoms with E-state index < -0.39 is 0 Å². The fourth-order valence-electron chi connectivity index (χ4n) is 3.56. The number of halogens is 1. The summed E-state index contributed by atoms with van der Waals surface area (Å²) >= 11 is 5.91. The lowest BCUT2D eigenvalue weighted by molar-refractivity contribution is -0.123. The van der Waals surface area contributed by atoms with Gasteiger partial charge in [0.05, 0.1) is 24.7 Å². The summed E-state index contributed by atoms with van der Waals surface area (Å²) < 4.78 is 5.23. The fraction of sp³-hybridized carbons (Fsp3) is 0.455. The van der Waals surface area contributed by atoms with E-state index in [4.69, 9.17) is 16.3 Å². The van der Waals surface area contributed by atoms with Crippen molar-refractivity contribution < 1.29 is 9.53 Å². The highest BCUT2D eigenvalue weighted by Gasteiger charge is 2.23. The maximum absolute atomic E-state index is 12.7. The number of ether oxygens (including phenoxy) is 1. The number of anilines is 1. The molecular weight excluding hydrogens is 388 g/mol. The van der Waals surface area contributed by atoms with Crippen molar-refractivity contribution in [3.63, 3.8) is 0 Å². The number of nitrogens with zero attached hydrogens (tertiary/aromatic N) is 3. The van der Waals surface area contributed by atoms with Gasteiger partial charge in [0.25, 0.3) is 0 Å². The molecule has 7 heteroatoms. The van der Waals surface area contributed by atoms with Crippen LogP contribution in [0.15, 0.2) is 42.6 Å². The van der Waals surface area contributed by atoms with Crippen molar-refractivity contribution in [2.75, 3.05) is 44.7 Å². The van der Waals surface area contributed by atoms with Crippen LogP contribution in [0.25, 0.3) is 0 Å². The van der Waals surface area contributed by atoms with Gasteiger partial charge in [0.15, 0.2) is 0 Å². The normalized spacial score (nSPS) is 16.0. The largest absolute Gasteiger partial charge is 0.497 e. The van der Waals surface area contributed by atoms with Crippen LogP contribution in [0.2, 0.25) is 5.02 Å². The Morgan fingerprint density at radius 1 is 1.14 bits per heavy atom. The molecule has 2 aromatic rings. The Kier molecular flexibility index (Phi) is 7.34. The highest BCUT2D eigenvalue weighted by atomic mass is 35.5. The van der Waals surface area contributed by atoms with Gasteiger partial charge in [0.2, 0.25) is 5.91 Å². The van der Waals surface area contributed by atoms with E-state index in [2.05, 4.69) is 33.9 Å². The van der Waals surface area contributed by atoms with Gasteiger partial charge in [0.1, 0.15) is 11.6 Å². The van der Waals surface area contributed by atoms with Crippen LogP contribution in [0.1, 0.15) is 25.5 Å². The molecule has 1 aromatic carbocycles. The van der Waals surface area contributed by atoms with Gasteiger partial charge in [0, 0.05) is 32.4 Å². The average molecular weight is 417 g/mol. The third-order valence-electron chi connectivity index (χ3n) is 5.23. The summed E-state index contributed by atoms with van der Waals surface area (Å²) in [5, 5.41) is 3.84. The van der Waals surface area contributed by atoms with Crippen LogP contribution >= 0.6 is 11.6 Å². The summed E-state index contributed by atoms with van der Waals surface area (Å²) in [6.45, 7) is 7.97. The van der Waals surface area contributed by atoms with Crippen LogP contribution in [-0.2, 0) is 4.79 Å². The van der Waals surface area contributed by atoms with Crippen molar-refractivity contribution in [2.45, 2.75) is 19.9 Å². The molecule has 1 amide bonds. The van der Waals surface area contributed by atoms with Crippen molar-refractivity contribution in [3.05, 3.63) is 53.2 Å². The lowest BCUT2D eigenvalue weighted by Crippen LogP contribution is -2.50. The molecular formula is C22H29ClN4O2. The SMILES string of the molecule is COc1ccc(C(NC(=O)CN2CCN(c3ccc(Cl)cn3)CC2)C(C)C)cc1. The predicted molar refractivity (Wildman–Crippen MR) is 117 cm³/mol. The van der Waals surface area contributed by atoms with Crippen LogP contribution < -0.4 is 15.0 Å². The number of rotatable bonds is 7. The molecule has 0 radical (unpaired) electrons. The van der Waals surface area contributed by atoms with Crippen molar-refractivity contribution in [2.24, 2.45) is 5.92 Å². The van der Waals surface area contributed by atoms with Gasteiger partial charge in [-0.15, -0.1) is 0 Å². The topological polar surface area (TPSA) is 57.7 Å². The number of pyridine rings is 1. The first-order valence-corrected chi connectivity index (χ1v) is 10.4. The Hall–Kier alpha value is -2.31. The number of carbonyl (C=O) groups excluding carboxylic acids is 1. The number of methoxy groups -OCH3 is 1. The first-order valence-electron chi connectivity index (χ1n) is 9.98. The standard InChI is InChI=1S/C22H29ClN4O2/c1-16(2)22(17-4-7-19(29-3)8-5-17)25-21(28)15-26-10-12-27(13-11-26)20-9-6-18(23)14-24-20/h4-9,14,16,22H,10-13,15H2,1-3H3,(H,25,28). The molecule has 1 saturated heterocycles. The molecule has 0 aliphatic carbocycles. The van der Waals surface area contributed by atoms with Crippen molar-refractivity contribution in [3.8, 4) is 5.75 Å². The highest BCUT2D eigenvalue weighted by molar-refractivity contribution is 6.30. The highest BCUT2D eigenvalue weighted by Crippen LogP contribution is 2.24. The number of carbonyl (C=O) groups is 1. The Balaban J connectivity index is 1.52. The van der Waals surface area contributed by atoms with Gasteiger partial charge in [-0.2, -0.15) is 0 Å². The zero-order valence-corrected chi connectivity index (χ0v) is 18.0. The van der Waals surface area contributed by atoms with Gasteiger partial charge < -0.3 is 15.0 Å². The summed E-state index contributed by atoms with van der Waals surface area (Å²) in [4.78, 5) is 21.5. The number of aromatic nitrogens is 1. The Bertz CT molecular complexity index is 787. The van der Waals surface area contributed by atoms with Gasteiger partial charge in [-0.1, -0.05) is 37.6 Å². The maximum atomic E-state index is 12.7. The number of benzene rings is 1. The van der Waals surface area contributed by atoms with E-state index in [-0.39, 0.29) is 11.9 Å². The summed E-state index contributed by atoms with van der Waals surface area (Å²) in [5.74, 6) is 2.09. The summed E-state index contributed by atoms with van der Waals surface area (Å²) in [6, 6.07) is 11.7. The molecule has 1 aliphatic rings. The predicted octanol–water partition coefficient (Wildman–Crippen LogP) is 3.38. The first-order chi connectivity index (χ1) is 14.0. The molecule has 1 N–H and O–H groups in total. The van der Waals surface area contributed by atoms with Gasteiger partial charge in [-0.25, -0.2) is 4.98 Å². The molecule has 1 atom stereocenters. The molecule has 0 saturated carbocycles. The van der Waals surface area contributed by atoms with Crippen molar-refractivity contribution in [1.29, 1.82) is 0 Å². The minimum Gasteiger partial charge on any atom is -0.497 e. The molecule has 29 heavy (non-hydrogen) atoms. The molecule has 1 fully saturated rings. The molecule has 6 nitrogen and oxygen atoms in total. The second kappa shape index (κ2) is 9.94. The minimum absolute atomic E-state index is 0.0204. The van der Waals surface area contributed by atoms with Gasteiger partial charge >= 0.3 is 0 Å². The maximum Gasteiger partial charge on any atom is 0.234 e. The number of hydrogen-bond acceptors (Lipinski definition) is 5. The second-order valence-electron chi connectivity index (χ2n) is 7.66. The van der Waals surface area contributed by atoms with E-state index in [9.17, 15) is 4.79 Å². The smallest absolute Gasteiger partial charge is 0.234 e. The molecule has 1 unspecified atom stereocenters. The van der Waals surface area contributed by atoms with Crippen LogP contribution in [0.4, 0.5) is 5.82 Å². The lowest BCUT2D eigenvalue weighted by atomic mass is 9.96. The number of hydrogen-bond donors (Lipinski definition) is 1. The van der Waals surface area contributed by atoms with Crippen molar-refractivity contribution in [1.82, 2.24) is 15.2 Å². The Morgan fingerprint density at radius 3 is 2.38 bits per heavy atom. The van der Waals surface area contributed by atoms with E-state index in [0.717, 1.165) is 43.3 Å². The third-order valence-corrected chi connectivity index (χ3v) is 5.46. The lowest BCUT2D eigenvalue weighted by Gasteiger charge is -2.35. The monoisotopic (exact) mass is 416 g/mol. The number of piperazine rings is 1. The summed E-state index contributed by atoms with van der Waals surface area (Å²) in [6.07, 6.45) is 1.67. The molecule has 3 rings (SSSR count). The fourth-order valence-corrected chi connectivity index (χ4v) is 3.67. The molecule has 0 bridgehead atoms. The summed E-state index contributed by atoms with van der Waals surface area (Å²) in [7, 11) is 1.65. The number of nitrogens with one attached hydrogen (secondary N) is 1. The molecule has 1 aromatic heterocycles. The zero-order chi connectivity index (χ0) is 20.8. The van der Waals surface area contributed by atoms with E-state index >= 15 is 0 Å². The minimum atomic E-state index is -0.0204. The van der Waals surface area contributed by atoms with Crippen LogP contribution in [0.5, 0.6) is 5.75 Å². The van der Waals surface area contributed by atoms with E-state index in [1.165, 1.54) is 0 Å². The van der Waals surface area contributed by atoms with E-state index in [1.807, 2.05) is 36.4 Å². The Labute approximate surface area is 177 Å². The molecule has 2 heterocycles. The summed E-state index contributed by atoms with van der Waals surface area (Å²) in [5.41, 5.74) is 1.09. The average Bonchev–Trinajstić information content (AvgIpc) is 2.73. The number of amides is 1. The van der Waals surface area contributed by atoms with Crippen LogP contribution in [-0.4, -0.2) is 55.6 Å². The molecule has 0 spiro atoms. The Morgan fingerprint density at radius 2 is 1.83 bits per heavy atom. The second-order valence-corrected chi connectivity index (χ2v) is 8.10. The van der Waals surface area contributed by atoms with Gasteiger partial charge in [-0.05, 0) is 35.7 Å².